The number of rotatable bonds is 3. The first-order valence-electron chi connectivity index (χ1n) is 4.39. The SMILES string of the molecule is CCOC(=O)/C=C/c1cc(Cl)ncc1N. The maximum Gasteiger partial charge on any atom is 0.330 e. The number of aromatic nitrogens is 1. The Bertz CT molecular complexity index is 391. The summed E-state index contributed by atoms with van der Waals surface area (Å²) < 4.78 is 4.72. The first-order chi connectivity index (χ1) is 7.13. The third-order valence-corrected chi connectivity index (χ3v) is 1.83. The maximum atomic E-state index is 11.0. The lowest BCUT2D eigenvalue weighted by Crippen LogP contribution is -1.99. The first kappa shape index (κ1) is 11.5. The summed E-state index contributed by atoms with van der Waals surface area (Å²) in [4.78, 5) is 14.8. The van der Waals surface area contributed by atoms with Crippen LogP contribution < -0.4 is 5.73 Å². The van der Waals surface area contributed by atoms with Gasteiger partial charge in [-0.2, -0.15) is 0 Å². The van der Waals surface area contributed by atoms with E-state index in [0.717, 1.165) is 0 Å². The topological polar surface area (TPSA) is 65.2 Å². The number of nitrogen functional groups attached to an aromatic ring is 1. The number of carbonyl (C=O) groups is 1. The van der Waals surface area contributed by atoms with Crippen LogP contribution in [0.5, 0.6) is 0 Å². The van der Waals surface area contributed by atoms with Gasteiger partial charge >= 0.3 is 5.97 Å². The summed E-state index contributed by atoms with van der Waals surface area (Å²) in [5, 5.41) is 0.327. The van der Waals surface area contributed by atoms with Crippen molar-refractivity contribution < 1.29 is 9.53 Å². The zero-order valence-corrected chi connectivity index (χ0v) is 8.99. The number of ether oxygens (including phenoxy) is 1. The van der Waals surface area contributed by atoms with Crippen LogP contribution in [-0.2, 0) is 9.53 Å². The van der Waals surface area contributed by atoms with E-state index >= 15 is 0 Å². The lowest BCUT2D eigenvalue weighted by molar-refractivity contribution is -0.137. The van der Waals surface area contributed by atoms with Gasteiger partial charge in [0.15, 0.2) is 0 Å². The second-order valence-corrected chi connectivity index (χ2v) is 3.11. The average molecular weight is 227 g/mol. The van der Waals surface area contributed by atoms with Gasteiger partial charge in [-0.15, -0.1) is 0 Å². The summed E-state index contributed by atoms with van der Waals surface area (Å²) in [6, 6.07) is 1.58. The number of halogens is 1. The van der Waals surface area contributed by atoms with Gasteiger partial charge in [0, 0.05) is 11.6 Å². The third-order valence-electron chi connectivity index (χ3n) is 1.62. The Morgan fingerprint density at radius 1 is 1.73 bits per heavy atom. The summed E-state index contributed by atoms with van der Waals surface area (Å²) in [5.74, 6) is -0.412. The molecule has 0 aliphatic heterocycles. The number of esters is 1. The molecule has 0 unspecified atom stereocenters. The summed E-state index contributed by atoms with van der Waals surface area (Å²) in [6.45, 7) is 2.08. The van der Waals surface area contributed by atoms with Crippen LogP contribution in [-0.4, -0.2) is 17.6 Å². The van der Waals surface area contributed by atoms with Crippen molar-refractivity contribution in [1.29, 1.82) is 0 Å². The van der Waals surface area contributed by atoms with Crippen molar-refractivity contribution in [2.24, 2.45) is 0 Å². The average Bonchev–Trinajstić information content (AvgIpc) is 2.20. The Labute approximate surface area is 92.7 Å². The van der Waals surface area contributed by atoms with E-state index in [4.69, 9.17) is 22.1 Å². The minimum atomic E-state index is -0.412. The molecular formula is C10H11ClN2O2. The Kier molecular flexibility index (Phi) is 4.12. The lowest BCUT2D eigenvalue weighted by Gasteiger charge is -1.99. The predicted octanol–water partition coefficient (Wildman–Crippen LogP) is 1.89. The van der Waals surface area contributed by atoms with Crippen LogP contribution in [0.1, 0.15) is 12.5 Å². The quantitative estimate of drug-likeness (QED) is 0.486. The van der Waals surface area contributed by atoms with E-state index in [2.05, 4.69) is 4.98 Å². The normalized spacial score (nSPS) is 10.5. The van der Waals surface area contributed by atoms with Crippen molar-refractivity contribution in [2.45, 2.75) is 6.92 Å². The smallest absolute Gasteiger partial charge is 0.330 e. The summed E-state index contributed by atoms with van der Waals surface area (Å²) in [7, 11) is 0. The van der Waals surface area contributed by atoms with Gasteiger partial charge in [0.05, 0.1) is 18.5 Å². The first-order valence-corrected chi connectivity index (χ1v) is 4.77. The molecule has 15 heavy (non-hydrogen) atoms. The fourth-order valence-corrected chi connectivity index (χ4v) is 1.11. The number of hydrogen-bond donors (Lipinski definition) is 1. The lowest BCUT2D eigenvalue weighted by atomic mass is 10.2. The fourth-order valence-electron chi connectivity index (χ4n) is 0.947. The number of nitrogens with two attached hydrogens (primary N) is 1. The van der Waals surface area contributed by atoms with Crippen LogP contribution in [0.2, 0.25) is 5.15 Å². The van der Waals surface area contributed by atoms with Gasteiger partial charge in [0.25, 0.3) is 0 Å². The van der Waals surface area contributed by atoms with Crippen LogP contribution >= 0.6 is 11.6 Å². The fraction of sp³-hybridized carbons (Fsp3) is 0.200. The molecule has 0 saturated carbocycles. The van der Waals surface area contributed by atoms with Crippen molar-refractivity contribution in [3.05, 3.63) is 29.1 Å². The molecule has 0 atom stereocenters. The van der Waals surface area contributed by atoms with Gasteiger partial charge in [0.2, 0.25) is 0 Å². The molecule has 4 nitrogen and oxygen atoms in total. The van der Waals surface area contributed by atoms with Crippen molar-refractivity contribution in [3.8, 4) is 0 Å². The van der Waals surface area contributed by atoms with E-state index in [0.29, 0.717) is 23.0 Å². The molecule has 0 spiro atoms. The monoisotopic (exact) mass is 226 g/mol. The summed E-state index contributed by atoms with van der Waals surface area (Å²) in [6.07, 6.45) is 4.28. The number of carbonyl (C=O) groups excluding carboxylic acids is 1. The van der Waals surface area contributed by atoms with Crippen LogP contribution in [0.4, 0.5) is 5.69 Å². The van der Waals surface area contributed by atoms with Gasteiger partial charge in [-0.05, 0) is 19.1 Å². The predicted molar refractivity (Wildman–Crippen MR) is 59.3 cm³/mol. The Morgan fingerprint density at radius 2 is 2.47 bits per heavy atom. The molecule has 0 saturated heterocycles. The van der Waals surface area contributed by atoms with Crippen molar-refractivity contribution in [1.82, 2.24) is 4.98 Å². The van der Waals surface area contributed by atoms with E-state index in [-0.39, 0.29) is 0 Å². The van der Waals surface area contributed by atoms with Gasteiger partial charge < -0.3 is 10.5 Å². The summed E-state index contributed by atoms with van der Waals surface area (Å²) in [5.41, 5.74) is 6.73. The van der Waals surface area contributed by atoms with Crippen LogP contribution in [0.15, 0.2) is 18.3 Å². The molecule has 2 N–H and O–H groups in total. The Morgan fingerprint density at radius 3 is 3.13 bits per heavy atom. The number of anilines is 1. The highest BCUT2D eigenvalue weighted by molar-refractivity contribution is 6.29. The van der Waals surface area contributed by atoms with Crippen LogP contribution in [0, 0.1) is 0 Å². The molecule has 0 amide bonds. The van der Waals surface area contributed by atoms with Gasteiger partial charge in [-0.25, -0.2) is 9.78 Å². The highest BCUT2D eigenvalue weighted by atomic mass is 35.5. The zero-order valence-electron chi connectivity index (χ0n) is 8.24. The number of nitrogens with zero attached hydrogens (tertiary/aromatic N) is 1. The molecule has 0 aliphatic rings. The number of hydrogen-bond acceptors (Lipinski definition) is 4. The molecule has 0 fully saturated rings. The largest absolute Gasteiger partial charge is 0.463 e. The third kappa shape index (κ3) is 3.59. The van der Waals surface area contributed by atoms with Crippen molar-refractivity contribution in [2.75, 3.05) is 12.3 Å². The molecule has 0 bridgehead atoms. The van der Waals surface area contributed by atoms with E-state index < -0.39 is 5.97 Å². The van der Waals surface area contributed by atoms with E-state index in [1.54, 1.807) is 19.1 Å². The van der Waals surface area contributed by atoms with E-state index in [1.165, 1.54) is 12.3 Å². The van der Waals surface area contributed by atoms with Crippen molar-refractivity contribution >= 4 is 29.3 Å². The molecule has 0 radical (unpaired) electrons. The molecule has 80 valence electrons. The number of pyridine rings is 1. The second-order valence-electron chi connectivity index (χ2n) is 2.72. The molecule has 1 heterocycles. The molecule has 0 aromatic carbocycles. The van der Waals surface area contributed by atoms with Gasteiger partial charge in [-0.3, -0.25) is 0 Å². The standard InChI is InChI=1S/C10H11ClN2O2/c1-2-15-10(14)4-3-7-5-9(11)13-6-8(7)12/h3-6H,2,12H2,1H3/b4-3+. The summed E-state index contributed by atoms with van der Waals surface area (Å²) >= 11 is 5.68. The Hall–Kier alpha value is -1.55. The highest BCUT2D eigenvalue weighted by Gasteiger charge is 1.99. The van der Waals surface area contributed by atoms with Gasteiger partial charge in [-0.1, -0.05) is 11.6 Å². The molecular weight excluding hydrogens is 216 g/mol. The highest BCUT2D eigenvalue weighted by Crippen LogP contribution is 2.16. The maximum absolute atomic E-state index is 11.0. The molecule has 1 aromatic heterocycles. The van der Waals surface area contributed by atoms with E-state index in [9.17, 15) is 4.79 Å². The molecule has 1 aromatic rings. The minimum absolute atomic E-state index is 0.327. The van der Waals surface area contributed by atoms with Crippen LogP contribution in [0.3, 0.4) is 0 Å². The van der Waals surface area contributed by atoms with E-state index in [1.807, 2.05) is 0 Å². The van der Waals surface area contributed by atoms with Crippen molar-refractivity contribution in [3.63, 3.8) is 0 Å². The minimum Gasteiger partial charge on any atom is -0.463 e. The molecule has 0 aliphatic carbocycles. The van der Waals surface area contributed by atoms with Crippen LogP contribution in [0.25, 0.3) is 6.08 Å². The Balaban J connectivity index is 2.79. The molecule has 5 heteroatoms. The zero-order chi connectivity index (χ0) is 11.3. The second kappa shape index (κ2) is 5.36. The molecule has 1 rings (SSSR count). The van der Waals surface area contributed by atoms with Gasteiger partial charge in [0.1, 0.15) is 5.15 Å².